The molecule has 3 atom stereocenters. The van der Waals surface area contributed by atoms with E-state index in [-0.39, 0.29) is 48.0 Å². The zero-order chi connectivity index (χ0) is 36.8. The summed E-state index contributed by atoms with van der Waals surface area (Å²) < 4.78 is 28.1. The highest BCUT2D eigenvalue weighted by Gasteiger charge is 2.26. The maximum atomic E-state index is 14.1. The van der Waals surface area contributed by atoms with Crippen LogP contribution in [0.3, 0.4) is 0 Å². The number of benzene rings is 3. The molecule has 10 nitrogen and oxygen atoms in total. The molecule has 270 valence electrons. The van der Waals surface area contributed by atoms with E-state index in [9.17, 15) is 33.1 Å². The van der Waals surface area contributed by atoms with Crippen LogP contribution >= 0.6 is 0 Å². The number of aryl methyl sites for hydroxylation is 1. The number of carbonyl (C=O) groups is 4. The van der Waals surface area contributed by atoms with Gasteiger partial charge in [-0.15, -0.1) is 0 Å². The van der Waals surface area contributed by atoms with E-state index in [1.54, 1.807) is 30.9 Å². The number of aliphatic hydroxyl groups is 1. The van der Waals surface area contributed by atoms with Crippen LogP contribution in [0, 0.1) is 18.6 Å². The van der Waals surface area contributed by atoms with Crippen LogP contribution in [0.4, 0.5) is 8.78 Å². The third kappa shape index (κ3) is 12.3. The maximum Gasteiger partial charge on any atom is 0.254 e. The molecule has 0 aliphatic rings. The molecule has 0 aliphatic heterocycles. The number of nitrogens with one attached hydrogen (secondary N) is 3. The lowest BCUT2D eigenvalue weighted by Gasteiger charge is -2.26. The van der Waals surface area contributed by atoms with Crippen LogP contribution in [-0.2, 0) is 22.6 Å². The maximum absolute atomic E-state index is 14.1. The van der Waals surface area contributed by atoms with E-state index >= 15 is 0 Å². The number of carbonyl (C=O) groups excluding carboxylic acids is 4. The highest BCUT2D eigenvalue weighted by atomic mass is 19.1. The first kappa shape index (κ1) is 39.8. The van der Waals surface area contributed by atoms with Crippen LogP contribution in [0.1, 0.15) is 71.0 Å². The van der Waals surface area contributed by atoms with Crippen LogP contribution in [-0.4, -0.2) is 89.9 Å². The normalized spacial score (nSPS) is 12.8. The Balaban J connectivity index is 1.75. The average Bonchev–Trinajstić information content (AvgIpc) is 3.08. The van der Waals surface area contributed by atoms with Gasteiger partial charge < -0.3 is 30.9 Å². The van der Waals surface area contributed by atoms with E-state index < -0.39 is 41.6 Å². The number of rotatable bonds is 18. The van der Waals surface area contributed by atoms with Crippen LogP contribution in [0.5, 0.6) is 0 Å². The van der Waals surface area contributed by atoms with Gasteiger partial charge in [0, 0.05) is 50.4 Å². The van der Waals surface area contributed by atoms with Crippen molar-refractivity contribution in [3.05, 3.63) is 106 Å². The fourth-order valence-corrected chi connectivity index (χ4v) is 5.52. The molecular formula is C38H49F2N5O5. The number of hydrogen-bond acceptors (Lipinski definition) is 6. The van der Waals surface area contributed by atoms with Crippen molar-refractivity contribution in [3.8, 4) is 0 Å². The molecule has 0 bridgehead atoms. The molecule has 0 heterocycles. The quantitative estimate of drug-likeness (QED) is 0.160. The number of nitrogens with zero attached hydrogens (tertiary/aromatic N) is 2. The van der Waals surface area contributed by atoms with E-state index in [1.165, 1.54) is 18.0 Å². The number of likely N-dealkylation sites (N-methyl/N-ethyl adjacent to an activating group) is 1. The number of amides is 4. The lowest BCUT2D eigenvalue weighted by atomic mass is 9.99. The molecule has 3 rings (SSSR count). The summed E-state index contributed by atoms with van der Waals surface area (Å²) in [4.78, 5) is 55.6. The summed E-state index contributed by atoms with van der Waals surface area (Å²) in [5, 5.41) is 19.8. The van der Waals surface area contributed by atoms with Crippen LogP contribution in [0.25, 0.3) is 0 Å². The molecule has 0 aromatic heterocycles. The molecule has 50 heavy (non-hydrogen) atoms. The van der Waals surface area contributed by atoms with Crippen molar-refractivity contribution in [1.29, 1.82) is 0 Å². The van der Waals surface area contributed by atoms with Gasteiger partial charge in [0.05, 0.1) is 24.7 Å². The topological polar surface area (TPSA) is 131 Å². The number of aliphatic hydroxyl groups excluding tert-OH is 1. The second-order valence-electron chi connectivity index (χ2n) is 12.6. The van der Waals surface area contributed by atoms with Gasteiger partial charge in [0.1, 0.15) is 11.6 Å². The summed E-state index contributed by atoms with van der Waals surface area (Å²) in [6.45, 7) is 8.56. The minimum absolute atomic E-state index is 0.121. The number of halogens is 2. The first-order chi connectivity index (χ1) is 23.8. The van der Waals surface area contributed by atoms with E-state index in [2.05, 4.69) is 16.0 Å². The predicted octanol–water partition coefficient (Wildman–Crippen LogP) is 3.99. The standard InChI is InChI=1S/C38H49F2N5O5/c1-6-13-45(14-7-2)35(47)24-44(5)38(50)30-16-25(3)15-29(20-30)37(49)43-33(19-28-17-31(39)21-32(40)18-28)34(46)23-41-26(4)36(48)42-22-27-11-9-8-10-12-27/h8-12,15-18,20-21,26,33-34,41,46H,6-7,13-14,19,22-24H2,1-5H3,(H,42,48)(H,43,49). The lowest BCUT2D eigenvalue weighted by molar-refractivity contribution is -0.131. The largest absolute Gasteiger partial charge is 0.390 e. The first-order valence-corrected chi connectivity index (χ1v) is 16.9. The van der Waals surface area contributed by atoms with Gasteiger partial charge in [0.25, 0.3) is 11.8 Å². The second kappa shape index (κ2) is 19.5. The van der Waals surface area contributed by atoms with Crippen molar-refractivity contribution in [1.82, 2.24) is 25.8 Å². The van der Waals surface area contributed by atoms with Gasteiger partial charge in [-0.25, -0.2) is 8.78 Å². The fraction of sp³-hybridized carbons (Fsp3) is 0.421. The van der Waals surface area contributed by atoms with E-state index in [1.807, 2.05) is 44.2 Å². The second-order valence-corrected chi connectivity index (χ2v) is 12.6. The van der Waals surface area contributed by atoms with Gasteiger partial charge in [-0.3, -0.25) is 19.2 Å². The summed E-state index contributed by atoms with van der Waals surface area (Å²) in [5.74, 6) is -3.16. The van der Waals surface area contributed by atoms with Gasteiger partial charge in [0.2, 0.25) is 11.8 Å². The van der Waals surface area contributed by atoms with Crippen LogP contribution in [0.15, 0.2) is 66.7 Å². The molecule has 0 fully saturated rings. The average molecular weight is 694 g/mol. The van der Waals surface area contributed by atoms with Crippen molar-refractivity contribution in [2.45, 2.75) is 71.7 Å². The van der Waals surface area contributed by atoms with Gasteiger partial charge >= 0.3 is 0 Å². The summed E-state index contributed by atoms with van der Waals surface area (Å²) >= 11 is 0. The van der Waals surface area contributed by atoms with Crippen LogP contribution < -0.4 is 16.0 Å². The molecule has 4 amide bonds. The molecule has 0 saturated heterocycles. The molecule has 0 radical (unpaired) electrons. The van der Waals surface area contributed by atoms with E-state index in [4.69, 9.17) is 0 Å². The Morgan fingerprint density at radius 2 is 1.48 bits per heavy atom. The molecular weight excluding hydrogens is 644 g/mol. The highest BCUT2D eigenvalue weighted by Crippen LogP contribution is 2.16. The summed E-state index contributed by atoms with van der Waals surface area (Å²) in [6.07, 6.45) is 0.171. The van der Waals surface area contributed by atoms with Crippen molar-refractivity contribution < 1.29 is 33.1 Å². The molecule has 3 aromatic rings. The number of hydrogen-bond donors (Lipinski definition) is 4. The molecule has 0 saturated carbocycles. The predicted molar refractivity (Wildman–Crippen MR) is 188 cm³/mol. The molecule has 3 unspecified atom stereocenters. The molecule has 3 aromatic carbocycles. The van der Waals surface area contributed by atoms with Crippen molar-refractivity contribution >= 4 is 23.6 Å². The smallest absolute Gasteiger partial charge is 0.254 e. The third-order valence-corrected chi connectivity index (χ3v) is 8.14. The molecule has 0 spiro atoms. The first-order valence-electron chi connectivity index (χ1n) is 16.9. The van der Waals surface area contributed by atoms with Gasteiger partial charge in [-0.2, -0.15) is 0 Å². The van der Waals surface area contributed by atoms with Crippen LogP contribution in [0.2, 0.25) is 0 Å². The Bertz CT molecular complexity index is 1580. The Morgan fingerprint density at radius 1 is 0.860 bits per heavy atom. The summed E-state index contributed by atoms with van der Waals surface area (Å²) in [7, 11) is 1.53. The Morgan fingerprint density at radius 3 is 2.10 bits per heavy atom. The summed E-state index contributed by atoms with van der Waals surface area (Å²) in [6, 6.07) is 15.2. The van der Waals surface area contributed by atoms with Gasteiger partial charge in [0.15, 0.2) is 0 Å². The molecule has 4 N–H and O–H groups in total. The molecule has 0 aliphatic carbocycles. The third-order valence-electron chi connectivity index (χ3n) is 8.14. The van der Waals surface area contributed by atoms with Gasteiger partial charge in [-0.1, -0.05) is 44.2 Å². The fourth-order valence-electron chi connectivity index (χ4n) is 5.52. The van der Waals surface area contributed by atoms with Crippen molar-refractivity contribution in [2.75, 3.05) is 33.2 Å². The Kier molecular flexibility index (Phi) is 15.5. The Labute approximate surface area is 293 Å². The minimum atomic E-state index is -1.29. The van der Waals surface area contributed by atoms with Crippen molar-refractivity contribution in [3.63, 3.8) is 0 Å². The van der Waals surface area contributed by atoms with Gasteiger partial charge in [-0.05, 0) is 80.1 Å². The summed E-state index contributed by atoms with van der Waals surface area (Å²) in [5.41, 5.74) is 2.05. The minimum Gasteiger partial charge on any atom is -0.390 e. The Hall–Kier alpha value is -4.68. The zero-order valence-corrected chi connectivity index (χ0v) is 29.5. The monoisotopic (exact) mass is 693 g/mol. The molecule has 12 heteroatoms. The highest BCUT2D eigenvalue weighted by molar-refractivity contribution is 6.01. The van der Waals surface area contributed by atoms with E-state index in [0.717, 1.165) is 36.6 Å². The zero-order valence-electron chi connectivity index (χ0n) is 29.5. The lowest BCUT2D eigenvalue weighted by Crippen LogP contribution is -2.52. The van der Waals surface area contributed by atoms with E-state index in [0.29, 0.717) is 25.2 Å². The van der Waals surface area contributed by atoms with Crippen molar-refractivity contribution in [2.24, 2.45) is 0 Å². The SMILES string of the molecule is CCCN(CCC)C(=O)CN(C)C(=O)c1cc(C)cc(C(=O)NC(Cc2cc(F)cc(F)c2)C(O)CNC(C)C(=O)NCc2ccccc2)c1.